The highest BCUT2D eigenvalue weighted by atomic mass is 19.1. The Morgan fingerprint density at radius 2 is 2.00 bits per heavy atom. The summed E-state index contributed by atoms with van der Waals surface area (Å²) in [6, 6.07) is 5.91. The highest BCUT2D eigenvalue weighted by Gasteiger charge is 2.31. The number of anilines is 1. The monoisotopic (exact) mass is 321 g/mol. The van der Waals surface area contributed by atoms with E-state index < -0.39 is 6.10 Å². The molecule has 2 amide bonds. The second-order valence-corrected chi connectivity index (χ2v) is 5.93. The quantitative estimate of drug-likeness (QED) is 0.839. The van der Waals surface area contributed by atoms with E-state index in [1.807, 2.05) is 4.90 Å². The van der Waals surface area contributed by atoms with Crippen LogP contribution in [0.15, 0.2) is 24.3 Å². The number of hydrogen-bond acceptors (Lipinski definition) is 4. The first-order chi connectivity index (χ1) is 11.1. The molecule has 1 unspecified atom stereocenters. The van der Waals surface area contributed by atoms with Gasteiger partial charge in [0, 0.05) is 24.8 Å². The molecule has 3 rings (SSSR count). The zero-order valence-corrected chi connectivity index (χ0v) is 12.8. The maximum Gasteiger partial charge on any atom is 0.250 e. The number of ether oxygens (including phenoxy) is 1. The maximum atomic E-state index is 12.8. The first-order valence-corrected chi connectivity index (χ1v) is 7.80. The van der Waals surface area contributed by atoms with Crippen molar-refractivity contribution in [3.8, 4) is 0 Å². The van der Waals surface area contributed by atoms with Gasteiger partial charge in [0.05, 0.1) is 13.2 Å². The van der Waals surface area contributed by atoms with Gasteiger partial charge in [-0.15, -0.1) is 0 Å². The molecule has 1 aromatic carbocycles. The molecule has 1 aliphatic heterocycles. The Bertz CT molecular complexity index is 574. The average Bonchev–Trinajstić information content (AvgIpc) is 3.34. The van der Waals surface area contributed by atoms with Crippen LogP contribution < -0.4 is 10.6 Å². The number of amides is 2. The molecular formula is C16H20FN3O3. The van der Waals surface area contributed by atoms with Crippen molar-refractivity contribution in [1.82, 2.24) is 10.2 Å². The molecule has 2 aliphatic rings. The van der Waals surface area contributed by atoms with Crippen LogP contribution in [0.25, 0.3) is 0 Å². The fraction of sp³-hybridized carbons (Fsp3) is 0.500. The predicted octanol–water partition coefficient (Wildman–Crippen LogP) is 0.744. The van der Waals surface area contributed by atoms with Crippen molar-refractivity contribution >= 4 is 17.5 Å². The van der Waals surface area contributed by atoms with Gasteiger partial charge in [-0.3, -0.25) is 14.5 Å². The van der Waals surface area contributed by atoms with Crippen molar-refractivity contribution in [2.45, 2.75) is 25.0 Å². The molecule has 2 N–H and O–H groups in total. The molecular weight excluding hydrogens is 301 g/mol. The number of carbonyl (C=O) groups is 2. The largest absolute Gasteiger partial charge is 0.366 e. The molecule has 1 aromatic rings. The Morgan fingerprint density at radius 3 is 2.70 bits per heavy atom. The van der Waals surface area contributed by atoms with Crippen LogP contribution in [0.4, 0.5) is 10.1 Å². The van der Waals surface area contributed by atoms with E-state index in [1.165, 1.54) is 24.3 Å². The molecule has 1 saturated carbocycles. The summed E-state index contributed by atoms with van der Waals surface area (Å²) in [5.41, 5.74) is 0.549. The molecule has 6 nitrogen and oxygen atoms in total. The Labute approximate surface area is 134 Å². The number of benzene rings is 1. The van der Waals surface area contributed by atoms with Crippen LogP contribution >= 0.6 is 0 Å². The van der Waals surface area contributed by atoms with Gasteiger partial charge in [-0.25, -0.2) is 4.39 Å². The maximum absolute atomic E-state index is 12.8. The van der Waals surface area contributed by atoms with Gasteiger partial charge >= 0.3 is 0 Å². The molecule has 0 aromatic heterocycles. The third kappa shape index (κ3) is 4.74. The number of rotatable bonds is 5. The van der Waals surface area contributed by atoms with E-state index in [-0.39, 0.29) is 24.2 Å². The lowest BCUT2D eigenvalue weighted by Gasteiger charge is -2.31. The Balaban J connectivity index is 1.47. The SMILES string of the molecule is O=C(CN1CCOC(C(=O)NC2CC2)C1)Nc1ccc(F)cc1. The van der Waals surface area contributed by atoms with E-state index in [0.29, 0.717) is 31.4 Å². The van der Waals surface area contributed by atoms with E-state index in [1.54, 1.807) is 0 Å². The molecule has 23 heavy (non-hydrogen) atoms. The predicted molar refractivity (Wildman–Crippen MR) is 82.4 cm³/mol. The second-order valence-electron chi connectivity index (χ2n) is 5.93. The highest BCUT2D eigenvalue weighted by Crippen LogP contribution is 2.19. The number of carbonyl (C=O) groups excluding carboxylic acids is 2. The van der Waals surface area contributed by atoms with Gasteiger partial charge in [0.15, 0.2) is 0 Å². The van der Waals surface area contributed by atoms with E-state index in [0.717, 1.165) is 12.8 Å². The number of nitrogens with one attached hydrogen (secondary N) is 2. The number of nitrogens with zero attached hydrogens (tertiary/aromatic N) is 1. The van der Waals surface area contributed by atoms with Crippen LogP contribution in [0.1, 0.15) is 12.8 Å². The minimum absolute atomic E-state index is 0.101. The van der Waals surface area contributed by atoms with Crippen molar-refractivity contribution in [3.05, 3.63) is 30.1 Å². The standard InChI is InChI=1S/C16H20FN3O3/c17-11-1-3-12(4-2-11)18-15(21)10-20-7-8-23-14(9-20)16(22)19-13-5-6-13/h1-4,13-14H,5-10H2,(H,18,21)(H,19,22). The summed E-state index contributed by atoms with van der Waals surface area (Å²) < 4.78 is 18.3. The first-order valence-electron chi connectivity index (χ1n) is 7.80. The molecule has 0 spiro atoms. The summed E-state index contributed by atoms with van der Waals surface area (Å²) in [7, 11) is 0. The second kappa shape index (κ2) is 7.06. The summed E-state index contributed by atoms with van der Waals surface area (Å²) in [5, 5.41) is 5.63. The lowest BCUT2D eigenvalue weighted by atomic mass is 10.2. The molecule has 124 valence electrons. The van der Waals surface area contributed by atoms with Gasteiger partial charge in [-0.1, -0.05) is 0 Å². The smallest absolute Gasteiger partial charge is 0.250 e. The molecule has 0 bridgehead atoms. The van der Waals surface area contributed by atoms with Crippen molar-refractivity contribution in [3.63, 3.8) is 0 Å². The van der Waals surface area contributed by atoms with Crippen molar-refractivity contribution in [2.24, 2.45) is 0 Å². The Hall–Kier alpha value is -1.99. The fourth-order valence-electron chi connectivity index (χ4n) is 2.46. The molecule has 7 heteroatoms. The molecule has 1 saturated heterocycles. The summed E-state index contributed by atoms with van der Waals surface area (Å²) in [6.45, 7) is 1.60. The number of halogens is 1. The molecule has 1 atom stereocenters. The topological polar surface area (TPSA) is 70.7 Å². The summed E-state index contributed by atoms with van der Waals surface area (Å²) in [4.78, 5) is 25.9. The van der Waals surface area contributed by atoms with Crippen LogP contribution in [0.3, 0.4) is 0 Å². The lowest BCUT2D eigenvalue weighted by Crippen LogP contribution is -2.51. The van der Waals surface area contributed by atoms with Crippen molar-refractivity contribution in [2.75, 3.05) is 31.6 Å². The van der Waals surface area contributed by atoms with Crippen LogP contribution in [-0.2, 0) is 14.3 Å². The molecule has 2 fully saturated rings. The lowest BCUT2D eigenvalue weighted by molar-refractivity contribution is -0.140. The van der Waals surface area contributed by atoms with E-state index in [4.69, 9.17) is 4.74 Å². The van der Waals surface area contributed by atoms with E-state index >= 15 is 0 Å². The van der Waals surface area contributed by atoms with Gasteiger partial charge in [-0.2, -0.15) is 0 Å². The first kappa shape index (κ1) is 15.9. The number of hydrogen-bond donors (Lipinski definition) is 2. The van der Waals surface area contributed by atoms with E-state index in [9.17, 15) is 14.0 Å². The Kier molecular flexibility index (Phi) is 4.88. The van der Waals surface area contributed by atoms with Crippen molar-refractivity contribution < 1.29 is 18.7 Å². The van der Waals surface area contributed by atoms with Gasteiger partial charge in [0.1, 0.15) is 11.9 Å². The fourth-order valence-corrected chi connectivity index (χ4v) is 2.46. The third-order valence-corrected chi connectivity index (χ3v) is 3.86. The molecule has 1 aliphatic carbocycles. The summed E-state index contributed by atoms with van der Waals surface area (Å²) >= 11 is 0. The number of morpholine rings is 1. The zero-order valence-electron chi connectivity index (χ0n) is 12.8. The summed E-state index contributed by atoms with van der Waals surface area (Å²) in [5.74, 6) is -0.642. The molecule has 0 radical (unpaired) electrons. The van der Waals surface area contributed by atoms with Gasteiger partial charge in [-0.05, 0) is 37.1 Å². The zero-order chi connectivity index (χ0) is 16.2. The van der Waals surface area contributed by atoms with Crippen LogP contribution in [0.2, 0.25) is 0 Å². The van der Waals surface area contributed by atoms with Crippen molar-refractivity contribution in [1.29, 1.82) is 0 Å². The minimum atomic E-state index is -0.525. The minimum Gasteiger partial charge on any atom is -0.366 e. The van der Waals surface area contributed by atoms with Crippen LogP contribution in [-0.4, -0.2) is 55.1 Å². The summed E-state index contributed by atoms with van der Waals surface area (Å²) in [6.07, 6.45) is 1.53. The molecule has 1 heterocycles. The average molecular weight is 321 g/mol. The van der Waals surface area contributed by atoms with Gasteiger partial charge < -0.3 is 15.4 Å². The normalized spacial score (nSPS) is 21.7. The highest BCUT2D eigenvalue weighted by molar-refractivity contribution is 5.92. The van der Waals surface area contributed by atoms with Crippen LogP contribution in [0, 0.1) is 5.82 Å². The third-order valence-electron chi connectivity index (χ3n) is 3.86. The Morgan fingerprint density at radius 1 is 1.26 bits per heavy atom. The van der Waals surface area contributed by atoms with Gasteiger partial charge in [0.25, 0.3) is 5.91 Å². The van der Waals surface area contributed by atoms with Crippen LogP contribution in [0.5, 0.6) is 0 Å². The van der Waals surface area contributed by atoms with E-state index in [2.05, 4.69) is 10.6 Å². The van der Waals surface area contributed by atoms with Gasteiger partial charge in [0.2, 0.25) is 5.91 Å².